The van der Waals surface area contributed by atoms with Crippen molar-refractivity contribution in [2.45, 2.75) is 78.4 Å². The van der Waals surface area contributed by atoms with E-state index in [1.165, 1.54) is 4.88 Å². The highest BCUT2D eigenvalue weighted by atomic mass is 32.1. The van der Waals surface area contributed by atoms with Gasteiger partial charge in [0.15, 0.2) is 0 Å². The quantitative estimate of drug-likeness (QED) is 0.475. The zero-order chi connectivity index (χ0) is 25.7. The van der Waals surface area contributed by atoms with E-state index in [0.717, 1.165) is 83.0 Å². The number of ether oxygens (including phenoxy) is 1. The van der Waals surface area contributed by atoms with Crippen LogP contribution in [0.5, 0.6) is 0 Å². The third kappa shape index (κ3) is 11.9. The maximum atomic E-state index is 12.8. The minimum Gasteiger partial charge on any atom is -0.481 e. The molecule has 0 aliphatic carbocycles. The van der Waals surface area contributed by atoms with Crippen molar-refractivity contribution < 1.29 is 29.3 Å². The molecule has 194 valence electrons. The number of carboxylic acid groups (broad SMARTS) is 2. The van der Waals surface area contributed by atoms with Crippen molar-refractivity contribution in [3.63, 3.8) is 0 Å². The van der Waals surface area contributed by atoms with E-state index >= 15 is 0 Å². The molecule has 0 bridgehead atoms. The van der Waals surface area contributed by atoms with Gasteiger partial charge in [0.05, 0.1) is 23.2 Å². The Hall–Kier alpha value is -2.08. The number of nitrogens with zero attached hydrogens (tertiary/aromatic N) is 2. The SMILES string of the molecule is CC(=O)O.CC(=O)O.CCc1nc(C)sc1CNC(=O)[C@@H]1CC[C@H](N)CN(C2CCOCC2)C1. The summed E-state index contributed by atoms with van der Waals surface area (Å²) in [6, 6.07) is 0.658. The Morgan fingerprint density at radius 1 is 1.12 bits per heavy atom. The lowest BCUT2D eigenvalue weighted by Gasteiger charge is -2.35. The Balaban J connectivity index is 0.000000629. The fourth-order valence-electron chi connectivity index (χ4n) is 4.06. The molecule has 2 aliphatic rings. The Kier molecular flexibility index (Phi) is 13.9. The second kappa shape index (κ2) is 15.8. The average Bonchev–Trinajstić information content (AvgIpc) is 3.01. The number of thiazole rings is 1. The number of hydrogen-bond acceptors (Lipinski definition) is 8. The number of amides is 1. The van der Waals surface area contributed by atoms with Crippen molar-refractivity contribution in [1.82, 2.24) is 15.2 Å². The predicted molar refractivity (Wildman–Crippen MR) is 131 cm³/mol. The number of likely N-dealkylation sites (tertiary alicyclic amines) is 1. The maximum Gasteiger partial charge on any atom is 0.300 e. The smallest absolute Gasteiger partial charge is 0.300 e. The Labute approximate surface area is 205 Å². The molecule has 1 amide bonds. The molecule has 2 saturated heterocycles. The highest BCUT2D eigenvalue weighted by Gasteiger charge is 2.31. The zero-order valence-electron chi connectivity index (χ0n) is 20.7. The third-order valence-electron chi connectivity index (χ3n) is 5.53. The van der Waals surface area contributed by atoms with Crippen molar-refractivity contribution in [2.24, 2.45) is 11.7 Å². The van der Waals surface area contributed by atoms with Gasteiger partial charge in [-0.2, -0.15) is 0 Å². The van der Waals surface area contributed by atoms with Crippen molar-refractivity contribution in [2.75, 3.05) is 26.3 Å². The molecule has 1 aromatic heterocycles. The van der Waals surface area contributed by atoms with Gasteiger partial charge in [-0.3, -0.25) is 19.3 Å². The van der Waals surface area contributed by atoms with Crippen LogP contribution in [0.2, 0.25) is 0 Å². The molecule has 0 spiro atoms. The van der Waals surface area contributed by atoms with Gasteiger partial charge >= 0.3 is 0 Å². The summed E-state index contributed by atoms with van der Waals surface area (Å²) in [5.41, 5.74) is 7.40. The van der Waals surface area contributed by atoms with Crippen LogP contribution in [0.25, 0.3) is 0 Å². The van der Waals surface area contributed by atoms with Crippen LogP contribution in [0.3, 0.4) is 0 Å². The highest BCUT2D eigenvalue weighted by molar-refractivity contribution is 7.11. The summed E-state index contributed by atoms with van der Waals surface area (Å²) >= 11 is 1.69. The molecule has 3 rings (SSSR count). The van der Waals surface area contributed by atoms with Gasteiger partial charge in [-0.15, -0.1) is 11.3 Å². The lowest BCUT2D eigenvalue weighted by Crippen LogP contribution is -2.47. The minimum atomic E-state index is -0.833. The van der Waals surface area contributed by atoms with Gasteiger partial charge in [0.25, 0.3) is 11.9 Å². The fourth-order valence-corrected chi connectivity index (χ4v) is 5.02. The summed E-state index contributed by atoms with van der Waals surface area (Å²) in [5, 5.41) is 19.1. The van der Waals surface area contributed by atoms with Crippen molar-refractivity contribution in [3.05, 3.63) is 15.6 Å². The van der Waals surface area contributed by atoms with Crippen molar-refractivity contribution in [1.29, 1.82) is 0 Å². The molecule has 34 heavy (non-hydrogen) atoms. The van der Waals surface area contributed by atoms with E-state index < -0.39 is 11.9 Å². The number of carbonyl (C=O) groups is 3. The van der Waals surface area contributed by atoms with Crippen LogP contribution >= 0.6 is 11.3 Å². The van der Waals surface area contributed by atoms with Gasteiger partial charge in [-0.1, -0.05) is 6.92 Å². The number of nitrogens with one attached hydrogen (secondary N) is 1. The van der Waals surface area contributed by atoms with E-state index in [2.05, 4.69) is 22.1 Å². The zero-order valence-corrected chi connectivity index (χ0v) is 21.5. The number of carbonyl (C=O) groups excluding carboxylic acids is 1. The summed E-state index contributed by atoms with van der Waals surface area (Å²) in [6.45, 7) is 10.2. The molecule has 2 atom stereocenters. The number of carboxylic acids is 2. The molecule has 0 radical (unpaired) electrons. The van der Waals surface area contributed by atoms with Crippen LogP contribution < -0.4 is 11.1 Å². The molecule has 2 fully saturated rings. The Bertz CT molecular complexity index is 762. The topological polar surface area (TPSA) is 155 Å². The first kappa shape index (κ1) is 30.0. The summed E-state index contributed by atoms with van der Waals surface area (Å²) in [6.07, 6.45) is 4.78. The summed E-state index contributed by atoms with van der Waals surface area (Å²) in [5.74, 6) is -1.49. The number of aliphatic carboxylic acids is 2. The third-order valence-corrected chi connectivity index (χ3v) is 6.54. The molecule has 0 saturated carbocycles. The standard InChI is InChI=1S/C19H32N4O2S.2C2H4O2/c1-3-17-18(26-13(2)22-17)10-21-19(24)14-4-5-15(20)12-23(11-14)16-6-8-25-9-7-16;2*1-2(3)4/h14-16H,3-12,20H2,1-2H3,(H,21,24);2*1H3,(H,3,4)/t14-,15+;;/m1../s1. The normalized spacial score (nSPS) is 21.2. The molecule has 11 heteroatoms. The highest BCUT2D eigenvalue weighted by Crippen LogP contribution is 2.23. The average molecular weight is 501 g/mol. The van der Waals surface area contributed by atoms with Gasteiger partial charge in [-0.05, 0) is 39.0 Å². The predicted octanol–water partition coefficient (Wildman–Crippen LogP) is 2.03. The van der Waals surface area contributed by atoms with Crippen LogP contribution in [0.15, 0.2) is 0 Å². The second-order valence-electron chi connectivity index (χ2n) is 8.54. The maximum absolute atomic E-state index is 12.8. The molecule has 2 aliphatic heterocycles. The van der Waals surface area contributed by atoms with Gasteiger partial charge in [-0.25, -0.2) is 4.98 Å². The van der Waals surface area contributed by atoms with Crippen LogP contribution in [-0.2, 0) is 32.1 Å². The first-order valence-corrected chi connectivity index (χ1v) is 12.5. The number of rotatable bonds is 5. The first-order valence-electron chi connectivity index (χ1n) is 11.7. The van der Waals surface area contributed by atoms with Gasteiger partial charge in [0.2, 0.25) is 5.91 Å². The lowest BCUT2D eigenvalue weighted by atomic mass is 10.0. The van der Waals surface area contributed by atoms with E-state index in [0.29, 0.717) is 12.6 Å². The Morgan fingerprint density at radius 2 is 1.71 bits per heavy atom. The van der Waals surface area contributed by atoms with E-state index in [-0.39, 0.29) is 17.9 Å². The largest absolute Gasteiger partial charge is 0.481 e. The molecule has 5 N–H and O–H groups in total. The monoisotopic (exact) mass is 500 g/mol. The lowest BCUT2D eigenvalue weighted by molar-refractivity contribution is -0.135. The molecule has 0 aromatic carbocycles. The number of nitrogens with two attached hydrogens (primary N) is 1. The van der Waals surface area contributed by atoms with E-state index in [1.807, 2.05) is 6.92 Å². The van der Waals surface area contributed by atoms with Crippen LogP contribution in [-0.4, -0.2) is 76.3 Å². The van der Waals surface area contributed by atoms with Crippen LogP contribution in [0.4, 0.5) is 0 Å². The van der Waals surface area contributed by atoms with E-state index in [1.54, 1.807) is 11.3 Å². The van der Waals surface area contributed by atoms with Crippen molar-refractivity contribution in [3.8, 4) is 0 Å². The molecule has 0 unspecified atom stereocenters. The van der Waals surface area contributed by atoms with Gasteiger partial charge < -0.3 is 26.0 Å². The van der Waals surface area contributed by atoms with E-state index in [9.17, 15) is 4.79 Å². The van der Waals surface area contributed by atoms with Gasteiger partial charge in [0, 0.05) is 57.1 Å². The fraction of sp³-hybridized carbons (Fsp3) is 0.739. The summed E-state index contributed by atoms with van der Waals surface area (Å²) < 4.78 is 5.49. The molecule has 10 nitrogen and oxygen atoms in total. The minimum absolute atomic E-state index is 0.0190. The number of aromatic nitrogens is 1. The van der Waals surface area contributed by atoms with Crippen molar-refractivity contribution >= 4 is 29.2 Å². The molecular weight excluding hydrogens is 460 g/mol. The summed E-state index contributed by atoms with van der Waals surface area (Å²) in [7, 11) is 0. The molecule has 3 heterocycles. The first-order chi connectivity index (χ1) is 16.0. The van der Waals surface area contributed by atoms with Gasteiger partial charge in [0.1, 0.15) is 0 Å². The number of hydrogen-bond donors (Lipinski definition) is 4. The van der Waals surface area contributed by atoms with Crippen LogP contribution in [0, 0.1) is 12.8 Å². The number of aryl methyl sites for hydroxylation is 2. The summed E-state index contributed by atoms with van der Waals surface area (Å²) in [4.78, 5) is 39.0. The molecular formula is C23H40N4O6S. The van der Waals surface area contributed by atoms with Crippen LogP contribution in [0.1, 0.15) is 62.0 Å². The Morgan fingerprint density at radius 3 is 2.26 bits per heavy atom. The second-order valence-corrected chi connectivity index (χ2v) is 9.83. The molecule has 1 aromatic rings. The van der Waals surface area contributed by atoms with E-state index in [4.69, 9.17) is 30.3 Å².